The molecule has 1 heterocycles. The van der Waals surface area contributed by atoms with Crippen molar-refractivity contribution in [3.05, 3.63) is 0 Å². The zero-order valence-corrected chi connectivity index (χ0v) is 6.63. The zero-order valence-electron chi connectivity index (χ0n) is 6.63. The number of hydrogen-bond acceptors (Lipinski definition) is 3. The van der Waals surface area contributed by atoms with Gasteiger partial charge in [0.2, 0.25) is 0 Å². The van der Waals surface area contributed by atoms with Crippen molar-refractivity contribution >= 4 is 0 Å². The third-order valence-corrected chi connectivity index (χ3v) is 1.57. The minimum absolute atomic E-state index is 0.157. The first-order valence-corrected chi connectivity index (χ1v) is 3.51. The Bertz CT molecular complexity index is 120. The molecular weight excluding hydrogens is 132 g/mol. The molecule has 0 saturated carbocycles. The predicted octanol–water partition coefficient (Wildman–Crippen LogP) is 0.519. The minimum Gasteiger partial charge on any atom is -0.391 e. The molecule has 0 unspecified atom stereocenters. The van der Waals surface area contributed by atoms with Crippen molar-refractivity contribution in [2.24, 2.45) is 0 Å². The van der Waals surface area contributed by atoms with Crippen LogP contribution in [0.5, 0.6) is 0 Å². The van der Waals surface area contributed by atoms with Gasteiger partial charge in [0.05, 0.1) is 12.7 Å². The van der Waals surface area contributed by atoms with E-state index in [9.17, 15) is 0 Å². The van der Waals surface area contributed by atoms with Gasteiger partial charge in [-0.15, -0.1) is 0 Å². The molecule has 0 aromatic carbocycles. The summed E-state index contributed by atoms with van der Waals surface area (Å²) in [5.41, 5.74) is 0. The summed E-state index contributed by atoms with van der Waals surface area (Å²) in [6.45, 7) is 5.88. The van der Waals surface area contributed by atoms with Gasteiger partial charge < -0.3 is 14.6 Å². The van der Waals surface area contributed by atoms with Crippen LogP contribution in [0.15, 0.2) is 0 Å². The highest BCUT2D eigenvalue weighted by atomic mass is 16.7. The lowest BCUT2D eigenvalue weighted by Crippen LogP contribution is -2.28. The third-order valence-electron chi connectivity index (χ3n) is 1.57. The second kappa shape index (κ2) is 2.49. The molecular formula is C7H14O3. The van der Waals surface area contributed by atoms with Gasteiger partial charge in [0.15, 0.2) is 5.79 Å². The maximum Gasteiger partial charge on any atom is 0.163 e. The summed E-state index contributed by atoms with van der Waals surface area (Å²) in [6.07, 6.45) is -0.600. The highest BCUT2D eigenvalue weighted by Gasteiger charge is 2.34. The Kier molecular flexibility index (Phi) is 1.99. The molecule has 1 rings (SSSR count). The average molecular weight is 146 g/mol. The van der Waals surface area contributed by atoms with Gasteiger partial charge in [0.25, 0.3) is 0 Å². The van der Waals surface area contributed by atoms with Crippen LogP contribution in [0.25, 0.3) is 0 Å². The summed E-state index contributed by atoms with van der Waals surface area (Å²) in [4.78, 5) is 0. The third kappa shape index (κ3) is 1.68. The fourth-order valence-electron chi connectivity index (χ4n) is 0.953. The monoisotopic (exact) mass is 146 g/mol. The molecule has 0 bridgehead atoms. The van der Waals surface area contributed by atoms with Gasteiger partial charge in [-0.1, -0.05) is 0 Å². The second-order valence-corrected chi connectivity index (χ2v) is 3.11. The lowest BCUT2D eigenvalue weighted by atomic mass is 10.2. The number of rotatable bonds is 1. The molecule has 1 N–H and O–H groups in total. The fourth-order valence-corrected chi connectivity index (χ4v) is 0.953. The van der Waals surface area contributed by atoms with Gasteiger partial charge in [0.1, 0.15) is 6.10 Å². The summed E-state index contributed by atoms with van der Waals surface area (Å²) in [5.74, 6) is -0.512. The number of aliphatic hydroxyl groups excluding tert-OH is 1. The van der Waals surface area contributed by atoms with Gasteiger partial charge in [-0.3, -0.25) is 0 Å². The van der Waals surface area contributed by atoms with Crippen molar-refractivity contribution in [1.29, 1.82) is 0 Å². The minimum atomic E-state index is -0.512. The molecule has 10 heavy (non-hydrogen) atoms. The lowest BCUT2D eigenvalue weighted by Gasteiger charge is -2.17. The molecule has 3 heteroatoms. The number of aliphatic hydroxyl groups is 1. The Morgan fingerprint density at radius 1 is 1.60 bits per heavy atom. The zero-order chi connectivity index (χ0) is 7.78. The Labute approximate surface area is 60.9 Å². The SMILES string of the molecule is C[C@@H](O)[C@H]1COC(C)(C)O1. The van der Waals surface area contributed by atoms with E-state index in [1.54, 1.807) is 6.92 Å². The van der Waals surface area contributed by atoms with Crippen molar-refractivity contribution in [1.82, 2.24) is 0 Å². The average Bonchev–Trinajstić information content (AvgIpc) is 2.10. The second-order valence-electron chi connectivity index (χ2n) is 3.11. The maximum absolute atomic E-state index is 9.08. The fraction of sp³-hybridized carbons (Fsp3) is 1.00. The van der Waals surface area contributed by atoms with E-state index in [-0.39, 0.29) is 6.10 Å². The molecule has 1 aliphatic heterocycles. The Morgan fingerprint density at radius 2 is 2.20 bits per heavy atom. The van der Waals surface area contributed by atoms with Gasteiger partial charge in [0, 0.05) is 0 Å². The Balaban J connectivity index is 2.43. The molecule has 2 atom stereocenters. The molecule has 3 nitrogen and oxygen atoms in total. The van der Waals surface area contributed by atoms with E-state index in [0.717, 1.165) is 0 Å². The standard InChI is InChI=1S/C7H14O3/c1-5(8)6-4-9-7(2,3)10-6/h5-6,8H,4H2,1-3H3/t5-,6-/m1/s1. The van der Waals surface area contributed by atoms with Crippen LogP contribution in [0, 0.1) is 0 Å². The van der Waals surface area contributed by atoms with Gasteiger partial charge in [-0.05, 0) is 20.8 Å². The molecule has 0 amide bonds. The van der Waals surface area contributed by atoms with E-state index in [2.05, 4.69) is 0 Å². The highest BCUT2D eigenvalue weighted by molar-refractivity contribution is 4.74. The van der Waals surface area contributed by atoms with Gasteiger partial charge in [-0.25, -0.2) is 0 Å². The molecule has 1 fully saturated rings. The smallest absolute Gasteiger partial charge is 0.163 e. The van der Waals surface area contributed by atoms with Crippen molar-refractivity contribution < 1.29 is 14.6 Å². The Hall–Kier alpha value is -0.120. The summed E-state index contributed by atoms with van der Waals surface area (Å²) in [5, 5.41) is 9.08. The molecule has 60 valence electrons. The first-order valence-electron chi connectivity index (χ1n) is 3.51. The quantitative estimate of drug-likeness (QED) is 0.586. The molecule has 0 aliphatic carbocycles. The van der Waals surface area contributed by atoms with Crippen LogP contribution >= 0.6 is 0 Å². The number of ether oxygens (including phenoxy) is 2. The van der Waals surface area contributed by atoms with Crippen LogP contribution in [0.4, 0.5) is 0 Å². The van der Waals surface area contributed by atoms with Crippen molar-refractivity contribution in [2.45, 2.75) is 38.8 Å². The van der Waals surface area contributed by atoms with Crippen LogP contribution in [0.2, 0.25) is 0 Å². The summed E-state index contributed by atoms with van der Waals surface area (Å²) in [7, 11) is 0. The summed E-state index contributed by atoms with van der Waals surface area (Å²) >= 11 is 0. The molecule has 1 saturated heterocycles. The molecule has 0 aromatic heterocycles. The van der Waals surface area contributed by atoms with Crippen LogP contribution in [-0.2, 0) is 9.47 Å². The van der Waals surface area contributed by atoms with Crippen LogP contribution < -0.4 is 0 Å². The first-order chi connectivity index (χ1) is 4.51. The molecule has 0 spiro atoms. The van der Waals surface area contributed by atoms with Gasteiger partial charge in [-0.2, -0.15) is 0 Å². The first kappa shape index (κ1) is 7.98. The molecule has 0 aromatic rings. The van der Waals surface area contributed by atoms with E-state index in [4.69, 9.17) is 14.6 Å². The molecule has 0 radical (unpaired) electrons. The van der Waals surface area contributed by atoms with Crippen molar-refractivity contribution in [2.75, 3.05) is 6.61 Å². The van der Waals surface area contributed by atoms with Gasteiger partial charge >= 0.3 is 0 Å². The summed E-state index contributed by atoms with van der Waals surface area (Å²) in [6, 6.07) is 0. The topological polar surface area (TPSA) is 38.7 Å². The normalized spacial score (nSPS) is 34.2. The van der Waals surface area contributed by atoms with E-state index in [1.807, 2.05) is 13.8 Å². The molecule has 1 aliphatic rings. The van der Waals surface area contributed by atoms with E-state index < -0.39 is 11.9 Å². The van der Waals surface area contributed by atoms with Crippen molar-refractivity contribution in [3.63, 3.8) is 0 Å². The lowest BCUT2D eigenvalue weighted by molar-refractivity contribution is -0.149. The maximum atomic E-state index is 9.08. The van der Waals surface area contributed by atoms with Crippen LogP contribution in [0.1, 0.15) is 20.8 Å². The van der Waals surface area contributed by atoms with Crippen molar-refractivity contribution in [3.8, 4) is 0 Å². The van der Waals surface area contributed by atoms with E-state index >= 15 is 0 Å². The largest absolute Gasteiger partial charge is 0.391 e. The summed E-state index contributed by atoms with van der Waals surface area (Å²) < 4.78 is 10.6. The van der Waals surface area contributed by atoms with E-state index in [0.29, 0.717) is 6.61 Å². The number of hydrogen-bond donors (Lipinski definition) is 1. The Morgan fingerprint density at radius 3 is 2.40 bits per heavy atom. The van der Waals surface area contributed by atoms with E-state index in [1.165, 1.54) is 0 Å². The van der Waals surface area contributed by atoms with Crippen LogP contribution in [0.3, 0.4) is 0 Å². The van der Waals surface area contributed by atoms with Crippen LogP contribution in [-0.4, -0.2) is 29.7 Å². The highest BCUT2D eigenvalue weighted by Crippen LogP contribution is 2.23. The predicted molar refractivity (Wildman–Crippen MR) is 36.6 cm³/mol.